The average molecular weight is 327 g/mol. The minimum absolute atomic E-state index is 0.527. The van der Waals surface area contributed by atoms with Crippen molar-refractivity contribution in [3.8, 4) is 11.3 Å². The fraction of sp³-hybridized carbons (Fsp3) is 0.0500. The summed E-state index contributed by atoms with van der Waals surface area (Å²) in [6.45, 7) is 2.01. The van der Waals surface area contributed by atoms with Gasteiger partial charge in [0, 0.05) is 40.9 Å². The monoisotopic (exact) mass is 327 g/mol. The number of nitrogens with one attached hydrogen (secondary N) is 1. The van der Waals surface area contributed by atoms with Crippen molar-refractivity contribution in [2.24, 2.45) is 0 Å². The molecule has 0 amide bonds. The maximum absolute atomic E-state index is 5.88. The van der Waals surface area contributed by atoms with Gasteiger partial charge in [-0.15, -0.1) is 0 Å². The van der Waals surface area contributed by atoms with E-state index in [2.05, 4.69) is 26.3 Å². The fourth-order valence-electron chi connectivity index (χ4n) is 2.78. The van der Waals surface area contributed by atoms with E-state index in [0.717, 1.165) is 33.3 Å². The Morgan fingerprint density at radius 3 is 2.80 bits per heavy atom. The SMILES string of the molecule is Cc1ccc(N)cc1Nc1nccc(-c2cncc3ccccc23)n1. The zero-order chi connectivity index (χ0) is 17.2. The summed E-state index contributed by atoms with van der Waals surface area (Å²) in [7, 11) is 0. The number of nitrogens with zero attached hydrogens (tertiary/aromatic N) is 3. The molecular formula is C20H17N5. The van der Waals surface area contributed by atoms with Crippen molar-refractivity contribution in [1.82, 2.24) is 15.0 Å². The highest BCUT2D eigenvalue weighted by molar-refractivity contribution is 5.94. The number of nitrogens with two attached hydrogens (primary N) is 1. The third kappa shape index (κ3) is 2.99. The van der Waals surface area contributed by atoms with Gasteiger partial charge in [0.05, 0.1) is 5.69 Å². The van der Waals surface area contributed by atoms with Gasteiger partial charge in [-0.2, -0.15) is 0 Å². The van der Waals surface area contributed by atoms with Gasteiger partial charge in [-0.05, 0) is 36.1 Å². The molecule has 0 spiro atoms. The van der Waals surface area contributed by atoms with Crippen LogP contribution in [0.5, 0.6) is 0 Å². The Morgan fingerprint density at radius 1 is 1.00 bits per heavy atom. The van der Waals surface area contributed by atoms with Gasteiger partial charge in [0.15, 0.2) is 0 Å². The lowest BCUT2D eigenvalue weighted by atomic mass is 10.1. The van der Waals surface area contributed by atoms with E-state index >= 15 is 0 Å². The van der Waals surface area contributed by atoms with Crippen molar-refractivity contribution >= 4 is 28.1 Å². The quantitative estimate of drug-likeness (QED) is 0.548. The van der Waals surface area contributed by atoms with Crippen molar-refractivity contribution < 1.29 is 0 Å². The number of benzene rings is 2. The van der Waals surface area contributed by atoms with Gasteiger partial charge >= 0.3 is 0 Å². The summed E-state index contributed by atoms with van der Waals surface area (Å²) in [4.78, 5) is 13.3. The van der Waals surface area contributed by atoms with Crippen LogP contribution < -0.4 is 11.1 Å². The molecule has 2 heterocycles. The molecule has 0 unspecified atom stereocenters. The van der Waals surface area contributed by atoms with E-state index in [4.69, 9.17) is 5.73 Å². The molecule has 25 heavy (non-hydrogen) atoms. The minimum atomic E-state index is 0.527. The standard InChI is InChI=1S/C20H17N5/c1-13-6-7-15(21)10-19(13)25-20-23-9-8-18(24-20)17-12-22-11-14-4-2-3-5-16(14)17/h2-12H,21H2,1H3,(H,23,24,25). The predicted molar refractivity (Wildman–Crippen MR) is 102 cm³/mol. The molecule has 0 radical (unpaired) electrons. The summed E-state index contributed by atoms with van der Waals surface area (Å²) in [5.41, 5.74) is 10.3. The Balaban J connectivity index is 1.75. The van der Waals surface area contributed by atoms with E-state index in [-0.39, 0.29) is 0 Å². The molecule has 2 aromatic heterocycles. The van der Waals surface area contributed by atoms with Crippen molar-refractivity contribution in [2.45, 2.75) is 6.92 Å². The number of nitrogen functional groups attached to an aromatic ring is 1. The van der Waals surface area contributed by atoms with E-state index in [1.165, 1.54) is 0 Å². The first-order valence-electron chi connectivity index (χ1n) is 8.00. The molecule has 0 bridgehead atoms. The first kappa shape index (κ1) is 15.1. The molecule has 0 saturated heterocycles. The lowest BCUT2D eigenvalue weighted by Crippen LogP contribution is -2.00. The van der Waals surface area contributed by atoms with E-state index in [9.17, 15) is 0 Å². The summed E-state index contributed by atoms with van der Waals surface area (Å²) in [5.74, 6) is 0.527. The van der Waals surface area contributed by atoms with Crippen LogP contribution in [0.15, 0.2) is 67.1 Å². The van der Waals surface area contributed by atoms with Gasteiger partial charge < -0.3 is 11.1 Å². The number of fused-ring (bicyclic) bond motifs is 1. The zero-order valence-corrected chi connectivity index (χ0v) is 13.8. The Kier molecular flexibility index (Phi) is 3.74. The average Bonchev–Trinajstić information content (AvgIpc) is 2.64. The van der Waals surface area contributed by atoms with E-state index in [0.29, 0.717) is 11.6 Å². The van der Waals surface area contributed by atoms with E-state index in [1.54, 1.807) is 6.20 Å². The van der Waals surface area contributed by atoms with Crippen LogP contribution in [0.4, 0.5) is 17.3 Å². The second-order valence-electron chi connectivity index (χ2n) is 5.87. The molecule has 0 saturated carbocycles. The number of aryl methyl sites for hydroxylation is 1. The minimum Gasteiger partial charge on any atom is -0.399 e. The summed E-state index contributed by atoms with van der Waals surface area (Å²) >= 11 is 0. The maximum Gasteiger partial charge on any atom is 0.227 e. The molecular weight excluding hydrogens is 310 g/mol. The third-order valence-corrected chi connectivity index (χ3v) is 4.11. The van der Waals surface area contributed by atoms with Gasteiger partial charge in [0.1, 0.15) is 0 Å². The van der Waals surface area contributed by atoms with Crippen molar-refractivity contribution in [3.05, 3.63) is 72.7 Å². The van der Waals surface area contributed by atoms with E-state index < -0.39 is 0 Å². The summed E-state index contributed by atoms with van der Waals surface area (Å²) in [6, 6.07) is 15.7. The van der Waals surface area contributed by atoms with Gasteiger partial charge in [-0.3, -0.25) is 4.98 Å². The van der Waals surface area contributed by atoms with Crippen LogP contribution in [-0.4, -0.2) is 15.0 Å². The molecule has 0 atom stereocenters. The van der Waals surface area contributed by atoms with Crippen LogP contribution in [0.25, 0.3) is 22.0 Å². The maximum atomic E-state index is 5.88. The fourth-order valence-corrected chi connectivity index (χ4v) is 2.78. The van der Waals surface area contributed by atoms with Gasteiger partial charge in [-0.1, -0.05) is 30.3 Å². The van der Waals surface area contributed by atoms with Crippen LogP contribution in [0.2, 0.25) is 0 Å². The molecule has 122 valence electrons. The van der Waals surface area contributed by atoms with Gasteiger partial charge in [0.2, 0.25) is 5.95 Å². The van der Waals surface area contributed by atoms with Crippen molar-refractivity contribution in [3.63, 3.8) is 0 Å². The molecule has 4 aromatic rings. The molecule has 4 rings (SSSR count). The highest BCUT2D eigenvalue weighted by atomic mass is 15.1. The van der Waals surface area contributed by atoms with Crippen LogP contribution in [-0.2, 0) is 0 Å². The Morgan fingerprint density at radius 2 is 1.88 bits per heavy atom. The van der Waals surface area contributed by atoms with Crippen LogP contribution in [0.3, 0.4) is 0 Å². The van der Waals surface area contributed by atoms with Crippen molar-refractivity contribution in [1.29, 1.82) is 0 Å². The number of aromatic nitrogens is 3. The number of hydrogen-bond acceptors (Lipinski definition) is 5. The molecule has 2 aromatic carbocycles. The summed E-state index contributed by atoms with van der Waals surface area (Å²) in [6.07, 6.45) is 5.43. The second kappa shape index (κ2) is 6.20. The second-order valence-corrected chi connectivity index (χ2v) is 5.87. The Bertz CT molecular complexity index is 1050. The molecule has 0 aliphatic rings. The highest BCUT2D eigenvalue weighted by Crippen LogP contribution is 2.27. The van der Waals surface area contributed by atoms with Crippen LogP contribution in [0.1, 0.15) is 5.56 Å². The van der Waals surface area contributed by atoms with Crippen LogP contribution in [0, 0.1) is 6.92 Å². The number of rotatable bonds is 3. The van der Waals surface area contributed by atoms with Crippen molar-refractivity contribution in [2.75, 3.05) is 11.1 Å². The van der Waals surface area contributed by atoms with Gasteiger partial charge in [-0.25, -0.2) is 9.97 Å². The third-order valence-electron chi connectivity index (χ3n) is 4.11. The molecule has 5 heteroatoms. The smallest absolute Gasteiger partial charge is 0.227 e. The first-order chi connectivity index (χ1) is 12.2. The van der Waals surface area contributed by atoms with E-state index in [1.807, 2.05) is 61.8 Å². The molecule has 5 nitrogen and oxygen atoms in total. The molecule has 0 aliphatic heterocycles. The molecule has 0 fully saturated rings. The number of hydrogen-bond donors (Lipinski definition) is 2. The Labute approximate surface area is 145 Å². The Hall–Kier alpha value is -3.47. The lowest BCUT2D eigenvalue weighted by Gasteiger charge is -2.10. The summed E-state index contributed by atoms with van der Waals surface area (Å²) < 4.78 is 0. The zero-order valence-electron chi connectivity index (χ0n) is 13.8. The molecule has 3 N–H and O–H groups in total. The summed E-state index contributed by atoms with van der Waals surface area (Å²) in [5, 5.41) is 5.44. The first-order valence-corrected chi connectivity index (χ1v) is 8.00. The topological polar surface area (TPSA) is 76.7 Å². The van der Waals surface area contributed by atoms with Crippen LogP contribution >= 0.6 is 0 Å². The largest absolute Gasteiger partial charge is 0.399 e. The lowest BCUT2D eigenvalue weighted by molar-refractivity contribution is 1.16. The number of pyridine rings is 1. The van der Waals surface area contributed by atoms with Gasteiger partial charge in [0.25, 0.3) is 0 Å². The molecule has 0 aliphatic carbocycles. The normalized spacial score (nSPS) is 10.8. The number of anilines is 3. The highest BCUT2D eigenvalue weighted by Gasteiger charge is 2.08. The predicted octanol–water partition coefficient (Wildman–Crippen LogP) is 4.33.